The maximum absolute atomic E-state index is 13.0. The minimum atomic E-state index is -3.36. The molecule has 1 rings (SSSR count). The van der Waals surface area contributed by atoms with E-state index in [0.717, 1.165) is 19.4 Å². The third kappa shape index (κ3) is 4.14. The molecule has 1 aromatic rings. The first-order valence-electron chi connectivity index (χ1n) is 4.84. The third-order valence-corrected chi connectivity index (χ3v) is 3.14. The molecule has 0 spiro atoms. The van der Waals surface area contributed by atoms with Gasteiger partial charge in [-0.25, -0.2) is 12.8 Å². The van der Waals surface area contributed by atoms with E-state index in [9.17, 15) is 17.6 Å². The summed E-state index contributed by atoms with van der Waals surface area (Å²) in [5, 5.41) is 0. The molecule has 1 unspecified atom stereocenters. The van der Waals surface area contributed by atoms with E-state index in [2.05, 4.69) is 4.74 Å². The average molecular weight is 260 g/mol. The van der Waals surface area contributed by atoms with Crippen LogP contribution in [0.5, 0.6) is 0 Å². The van der Waals surface area contributed by atoms with E-state index in [-0.39, 0.29) is 0 Å². The van der Waals surface area contributed by atoms with E-state index in [1.165, 1.54) is 18.2 Å². The van der Waals surface area contributed by atoms with Crippen LogP contribution in [0.25, 0.3) is 0 Å². The largest absolute Gasteiger partial charge is 0.469 e. The SMILES string of the molecule is COC(=O)C(CS(C)(=O)=O)c1cccc(F)c1. The van der Waals surface area contributed by atoms with Crippen LogP contribution in [0.3, 0.4) is 0 Å². The van der Waals surface area contributed by atoms with Gasteiger partial charge in [-0.15, -0.1) is 0 Å². The Kier molecular flexibility index (Phi) is 4.22. The smallest absolute Gasteiger partial charge is 0.314 e. The molecular weight excluding hydrogens is 247 g/mol. The van der Waals surface area contributed by atoms with Gasteiger partial charge < -0.3 is 4.74 Å². The number of hydrogen-bond acceptors (Lipinski definition) is 4. The van der Waals surface area contributed by atoms with Gasteiger partial charge in [0, 0.05) is 6.26 Å². The van der Waals surface area contributed by atoms with Gasteiger partial charge in [0.1, 0.15) is 15.7 Å². The molecule has 0 aliphatic heterocycles. The summed E-state index contributed by atoms with van der Waals surface area (Å²) in [6.45, 7) is 0. The molecule has 1 atom stereocenters. The number of ether oxygens (including phenoxy) is 1. The molecule has 0 bridgehead atoms. The summed E-state index contributed by atoms with van der Waals surface area (Å²) >= 11 is 0. The fourth-order valence-electron chi connectivity index (χ4n) is 1.47. The minimum Gasteiger partial charge on any atom is -0.469 e. The fourth-order valence-corrected chi connectivity index (χ4v) is 2.40. The predicted molar refractivity (Wildman–Crippen MR) is 60.9 cm³/mol. The van der Waals surface area contributed by atoms with Gasteiger partial charge in [-0.3, -0.25) is 4.79 Å². The van der Waals surface area contributed by atoms with Crippen LogP contribution in [0.2, 0.25) is 0 Å². The highest BCUT2D eigenvalue weighted by molar-refractivity contribution is 7.90. The highest BCUT2D eigenvalue weighted by atomic mass is 32.2. The Bertz CT molecular complexity index is 510. The van der Waals surface area contributed by atoms with Gasteiger partial charge in [0.05, 0.1) is 18.8 Å². The Morgan fingerprint density at radius 2 is 2.12 bits per heavy atom. The number of hydrogen-bond donors (Lipinski definition) is 0. The maximum Gasteiger partial charge on any atom is 0.314 e. The zero-order valence-corrected chi connectivity index (χ0v) is 10.3. The van der Waals surface area contributed by atoms with Crippen molar-refractivity contribution in [3.63, 3.8) is 0 Å². The van der Waals surface area contributed by atoms with Gasteiger partial charge in [-0.1, -0.05) is 12.1 Å². The van der Waals surface area contributed by atoms with Crippen molar-refractivity contribution in [3.8, 4) is 0 Å². The van der Waals surface area contributed by atoms with Crippen molar-refractivity contribution in [2.45, 2.75) is 5.92 Å². The summed E-state index contributed by atoms with van der Waals surface area (Å²) in [5.41, 5.74) is 0.294. The number of sulfone groups is 1. The van der Waals surface area contributed by atoms with Crippen LogP contribution in [0.4, 0.5) is 4.39 Å². The molecule has 6 heteroatoms. The second-order valence-electron chi connectivity index (χ2n) is 3.72. The Balaban J connectivity index is 3.11. The van der Waals surface area contributed by atoms with Gasteiger partial charge in [-0.2, -0.15) is 0 Å². The fraction of sp³-hybridized carbons (Fsp3) is 0.364. The van der Waals surface area contributed by atoms with Crippen molar-refractivity contribution in [1.82, 2.24) is 0 Å². The number of esters is 1. The molecule has 0 saturated carbocycles. The number of methoxy groups -OCH3 is 1. The first kappa shape index (κ1) is 13.6. The first-order chi connectivity index (χ1) is 7.83. The van der Waals surface area contributed by atoms with Gasteiger partial charge in [0.2, 0.25) is 0 Å². The number of rotatable bonds is 4. The molecule has 4 nitrogen and oxygen atoms in total. The monoisotopic (exact) mass is 260 g/mol. The van der Waals surface area contributed by atoms with Crippen molar-refractivity contribution in [1.29, 1.82) is 0 Å². The summed E-state index contributed by atoms with van der Waals surface area (Å²) in [4.78, 5) is 11.5. The van der Waals surface area contributed by atoms with Crippen LogP contribution in [-0.2, 0) is 19.4 Å². The molecule has 0 fully saturated rings. The van der Waals surface area contributed by atoms with Crippen LogP contribution in [0.1, 0.15) is 11.5 Å². The second kappa shape index (κ2) is 5.27. The van der Waals surface area contributed by atoms with E-state index >= 15 is 0 Å². The molecule has 0 heterocycles. The van der Waals surface area contributed by atoms with Crippen LogP contribution >= 0.6 is 0 Å². The van der Waals surface area contributed by atoms with Crippen molar-refractivity contribution in [3.05, 3.63) is 35.6 Å². The topological polar surface area (TPSA) is 60.4 Å². The maximum atomic E-state index is 13.0. The standard InChI is InChI=1S/C11H13FO4S/c1-16-11(13)10(7-17(2,14)15)8-4-3-5-9(12)6-8/h3-6,10H,7H2,1-2H3. The quantitative estimate of drug-likeness (QED) is 0.761. The molecule has 0 N–H and O–H groups in total. The Morgan fingerprint density at radius 3 is 2.59 bits per heavy atom. The summed E-state index contributed by atoms with van der Waals surface area (Å²) in [5.74, 6) is -2.61. The Hall–Kier alpha value is -1.43. The zero-order chi connectivity index (χ0) is 13.1. The number of carbonyl (C=O) groups is 1. The number of carbonyl (C=O) groups excluding carboxylic acids is 1. The normalized spacial score (nSPS) is 13.1. The van der Waals surface area contributed by atoms with Crippen LogP contribution in [0, 0.1) is 5.82 Å². The number of benzene rings is 1. The van der Waals surface area contributed by atoms with Crippen molar-refractivity contribution < 1.29 is 22.3 Å². The van der Waals surface area contributed by atoms with E-state index < -0.39 is 33.3 Å². The molecule has 17 heavy (non-hydrogen) atoms. The molecule has 0 aromatic heterocycles. The molecular formula is C11H13FO4S. The zero-order valence-electron chi connectivity index (χ0n) is 9.51. The lowest BCUT2D eigenvalue weighted by molar-refractivity contribution is -0.141. The van der Waals surface area contributed by atoms with Gasteiger partial charge in [0.25, 0.3) is 0 Å². The lowest BCUT2D eigenvalue weighted by Gasteiger charge is -2.13. The van der Waals surface area contributed by atoms with E-state index in [1.807, 2.05) is 0 Å². The summed E-state index contributed by atoms with van der Waals surface area (Å²) in [6, 6.07) is 5.27. The van der Waals surface area contributed by atoms with Crippen LogP contribution < -0.4 is 0 Å². The highest BCUT2D eigenvalue weighted by Crippen LogP contribution is 2.20. The lowest BCUT2D eigenvalue weighted by atomic mass is 10.0. The minimum absolute atomic E-state index is 0.294. The molecule has 1 aromatic carbocycles. The summed E-state index contributed by atoms with van der Waals surface area (Å²) in [7, 11) is -2.20. The highest BCUT2D eigenvalue weighted by Gasteiger charge is 2.26. The molecule has 0 aliphatic carbocycles. The van der Waals surface area contributed by atoms with Gasteiger partial charge in [-0.05, 0) is 17.7 Å². The lowest BCUT2D eigenvalue weighted by Crippen LogP contribution is -2.22. The summed E-state index contributed by atoms with van der Waals surface area (Å²) in [6.07, 6.45) is 1.02. The van der Waals surface area contributed by atoms with Crippen LogP contribution in [-0.4, -0.2) is 33.5 Å². The van der Waals surface area contributed by atoms with E-state index in [0.29, 0.717) is 5.56 Å². The molecule has 0 radical (unpaired) electrons. The van der Waals surface area contributed by atoms with Crippen molar-refractivity contribution >= 4 is 15.8 Å². The molecule has 0 aliphatic rings. The van der Waals surface area contributed by atoms with Gasteiger partial charge >= 0.3 is 5.97 Å². The Labute approximate surface area is 99.3 Å². The predicted octanol–water partition coefficient (Wildman–Crippen LogP) is 1.13. The van der Waals surface area contributed by atoms with Crippen LogP contribution in [0.15, 0.2) is 24.3 Å². The number of halogens is 1. The molecule has 0 saturated heterocycles. The Morgan fingerprint density at radius 1 is 1.47 bits per heavy atom. The van der Waals surface area contributed by atoms with Crippen molar-refractivity contribution in [2.24, 2.45) is 0 Å². The van der Waals surface area contributed by atoms with E-state index in [4.69, 9.17) is 0 Å². The molecule has 94 valence electrons. The van der Waals surface area contributed by atoms with Crippen molar-refractivity contribution in [2.75, 3.05) is 19.1 Å². The average Bonchev–Trinajstić information content (AvgIpc) is 2.23. The molecule has 0 amide bonds. The second-order valence-corrected chi connectivity index (χ2v) is 5.91. The third-order valence-electron chi connectivity index (χ3n) is 2.21. The van der Waals surface area contributed by atoms with Gasteiger partial charge in [0.15, 0.2) is 0 Å². The van der Waals surface area contributed by atoms with E-state index in [1.54, 1.807) is 0 Å². The summed E-state index contributed by atoms with van der Waals surface area (Å²) < 4.78 is 40.0. The first-order valence-corrected chi connectivity index (χ1v) is 6.90.